The summed E-state index contributed by atoms with van der Waals surface area (Å²) >= 11 is 0. The summed E-state index contributed by atoms with van der Waals surface area (Å²) in [4.78, 5) is 28.9. The number of carboxylic acid groups (broad SMARTS) is 1. The van der Waals surface area contributed by atoms with Crippen LogP contribution in [0.2, 0.25) is 0 Å². The van der Waals surface area contributed by atoms with E-state index in [1.807, 2.05) is 13.1 Å². The monoisotopic (exact) mass is 359 g/mol. The largest absolute Gasteiger partial charge is 0.477 e. The maximum absolute atomic E-state index is 12.6. The van der Waals surface area contributed by atoms with E-state index < -0.39 is 5.97 Å². The summed E-state index contributed by atoms with van der Waals surface area (Å²) in [5, 5.41) is 12.8. The third kappa shape index (κ3) is 3.09. The van der Waals surface area contributed by atoms with Crippen molar-refractivity contribution in [1.29, 1.82) is 0 Å². The summed E-state index contributed by atoms with van der Waals surface area (Å²) in [6, 6.07) is 1.43. The second kappa shape index (κ2) is 6.82. The number of hydrogen-bond acceptors (Lipinski definition) is 5. The molecule has 0 aromatic carbocycles. The van der Waals surface area contributed by atoms with Crippen LogP contribution in [-0.2, 0) is 9.59 Å². The second-order valence-corrected chi connectivity index (χ2v) is 8.28. The van der Waals surface area contributed by atoms with Gasteiger partial charge in [-0.25, -0.2) is 4.79 Å². The van der Waals surface area contributed by atoms with Crippen molar-refractivity contribution in [2.75, 3.05) is 20.1 Å². The minimum absolute atomic E-state index is 0.0534. The van der Waals surface area contributed by atoms with Gasteiger partial charge in [-0.1, -0.05) is 6.08 Å². The summed E-state index contributed by atoms with van der Waals surface area (Å²) in [6.45, 7) is 4.47. The first kappa shape index (κ1) is 17.7. The molecule has 26 heavy (non-hydrogen) atoms. The SMILES string of the molecule is CNC(C)C1CCN(C2CC=C3C(=O)C(C(=O)O)=CN(C4CC4)C3C2)C1. The fraction of sp³-hybridized carbons (Fsp3) is 0.700. The molecule has 4 aliphatic rings. The third-order valence-electron chi connectivity index (χ3n) is 6.74. The number of carboxylic acids is 1. The Morgan fingerprint density at radius 2 is 2.08 bits per heavy atom. The fourth-order valence-electron chi connectivity index (χ4n) is 4.83. The number of aliphatic carboxylic acids is 1. The minimum Gasteiger partial charge on any atom is -0.477 e. The van der Waals surface area contributed by atoms with Crippen molar-refractivity contribution >= 4 is 11.8 Å². The van der Waals surface area contributed by atoms with Gasteiger partial charge in [-0.3, -0.25) is 9.69 Å². The van der Waals surface area contributed by atoms with E-state index in [1.165, 1.54) is 6.42 Å². The third-order valence-corrected chi connectivity index (χ3v) is 6.74. The van der Waals surface area contributed by atoms with Crippen LogP contribution in [0, 0.1) is 5.92 Å². The Balaban J connectivity index is 1.52. The van der Waals surface area contributed by atoms with Gasteiger partial charge < -0.3 is 15.3 Å². The average molecular weight is 359 g/mol. The Kier molecular flexibility index (Phi) is 4.65. The van der Waals surface area contributed by atoms with Gasteiger partial charge in [-0.05, 0) is 58.5 Å². The molecule has 2 N–H and O–H groups in total. The van der Waals surface area contributed by atoms with E-state index in [9.17, 15) is 14.7 Å². The Labute approximate surface area is 154 Å². The first-order valence-electron chi connectivity index (χ1n) is 9.88. The highest BCUT2D eigenvalue weighted by molar-refractivity contribution is 6.24. The molecule has 0 bridgehead atoms. The second-order valence-electron chi connectivity index (χ2n) is 8.28. The fourth-order valence-corrected chi connectivity index (χ4v) is 4.83. The lowest BCUT2D eigenvalue weighted by Crippen LogP contribution is -2.49. The van der Waals surface area contributed by atoms with Gasteiger partial charge in [0.1, 0.15) is 5.57 Å². The predicted octanol–water partition coefficient (Wildman–Crippen LogP) is 1.39. The Hall–Kier alpha value is -1.66. The van der Waals surface area contributed by atoms with Crippen LogP contribution in [0.25, 0.3) is 0 Å². The number of Topliss-reactive ketones (excluding diaryl/α,β-unsaturated/α-hetero) is 1. The topological polar surface area (TPSA) is 72.9 Å². The van der Waals surface area contributed by atoms with E-state index in [-0.39, 0.29) is 17.4 Å². The maximum atomic E-state index is 12.6. The molecule has 2 fully saturated rings. The Morgan fingerprint density at radius 3 is 2.73 bits per heavy atom. The van der Waals surface area contributed by atoms with Crippen LogP contribution in [0.1, 0.15) is 39.0 Å². The molecule has 6 heteroatoms. The number of hydrogen-bond donors (Lipinski definition) is 2. The lowest BCUT2D eigenvalue weighted by Gasteiger charge is -2.42. The number of nitrogens with zero attached hydrogens (tertiary/aromatic N) is 2. The van der Waals surface area contributed by atoms with E-state index in [2.05, 4.69) is 22.0 Å². The minimum atomic E-state index is -1.11. The van der Waals surface area contributed by atoms with Gasteiger partial charge in [0.25, 0.3) is 0 Å². The van der Waals surface area contributed by atoms with E-state index in [0.29, 0.717) is 29.6 Å². The molecular formula is C20H29N3O3. The predicted molar refractivity (Wildman–Crippen MR) is 98.7 cm³/mol. The first-order valence-corrected chi connectivity index (χ1v) is 9.88. The molecule has 4 atom stereocenters. The van der Waals surface area contributed by atoms with Gasteiger partial charge >= 0.3 is 5.97 Å². The highest BCUT2D eigenvalue weighted by Crippen LogP contribution is 2.40. The number of fused-ring (bicyclic) bond motifs is 1. The van der Waals surface area contributed by atoms with Gasteiger partial charge in [0.2, 0.25) is 0 Å². The molecule has 0 spiro atoms. The van der Waals surface area contributed by atoms with E-state index in [0.717, 1.165) is 38.8 Å². The lowest BCUT2D eigenvalue weighted by atomic mass is 9.82. The number of ketones is 1. The standard InChI is InChI=1S/C20H29N3O3/c1-12(21-2)13-7-8-22(10-13)15-5-6-16-18(9-15)23(14-3-4-14)11-17(19(16)24)20(25)26/h6,11-15,18,21H,3-5,7-10H2,1-2H3,(H,25,26). The van der Waals surface area contributed by atoms with E-state index in [1.54, 1.807) is 6.20 Å². The van der Waals surface area contributed by atoms with Gasteiger partial charge in [-0.15, -0.1) is 0 Å². The van der Waals surface area contributed by atoms with Crippen molar-refractivity contribution in [2.45, 2.75) is 63.2 Å². The first-order chi connectivity index (χ1) is 12.5. The average Bonchev–Trinajstić information content (AvgIpc) is 3.36. The summed E-state index contributed by atoms with van der Waals surface area (Å²) in [5.41, 5.74) is 0.648. The number of carbonyl (C=O) groups excluding carboxylic acids is 1. The summed E-state index contributed by atoms with van der Waals surface area (Å²) in [6.07, 6.45) is 8.84. The molecule has 0 amide bonds. The molecule has 6 nitrogen and oxygen atoms in total. The molecule has 0 aromatic heterocycles. The van der Waals surface area contributed by atoms with Crippen molar-refractivity contribution in [3.05, 3.63) is 23.4 Å². The Bertz CT molecular complexity index is 667. The number of nitrogens with one attached hydrogen (secondary N) is 1. The molecule has 0 aromatic rings. The molecule has 4 unspecified atom stereocenters. The molecule has 1 saturated carbocycles. The molecule has 1 saturated heterocycles. The number of likely N-dealkylation sites (tertiary alicyclic amines) is 1. The Morgan fingerprint density at radius 1 is 1.31 bits per heavy atom. The summed E-state index contributed by atoms with van der Waals surface area (Å²) < 4.78 is 0. The number of rotatable bonds is 5. The highest BCUT2D eigenvalue weighted by atomic mass is 16.4. The number of carbonyl (C=O) groups is 2. The zero-order valence-electron chi connectivity index (χ0n) is 15.6. The van der Waals surface area contributed by atoms with E-state index >= 15 is 0 Å². The van der Waals surface area contributed by atoms with E-state index in [4.69, 9.17) is 0 Å². The van der Waals surface area contributed by atoms with Crippen molar-refractivity contribution in [2.24, 2.45) is 5.92 Å². The van der Waals surface area contributed by atoms with Crippen LogP contribution in [0.4, 0.5) is 0 Å². The summed E-state index contributed by atoms with van der Waals surface area (Å²) in [7, 11) is 2.02. The van der Waals surface area contributed by atoms with Gasteiger partial charge in [0.15, 0.2) is 5.78 Å². The van der Waals surface area contributed by atoms with Crippen LogP contribution < -0.4 is 5.32 Å². The maximum Gasteiger partial charge on any atom is 0.341 e. The van der Waals surface area contributed by atoms with Crippen molar-refractivity contribution in [1.82, 2.24) is 15.1 Å². The molecule has 142 valence electrons. The smallest absolute Gasteiger partial charge is 0.341 e. The van der Waals surface area contributed by atoms with Crippen LogP contribution in [0.15, 0.2) is 23.4 Å². The molecule has 0 radical (unpaired) electrons. The molecule has 2 aliphatic carbocycles. The van der Waals surface area contributed by atoms with Crippen LogP contribution in [0.5, 0.6) is 0 Å². The quantitative estimate of drug-likeness (QED) is 0.723. The molecular weight excluding hydrogens is 330 g/mol. The van der Waals surface area contributed by atoms with Crippen molar-refractivity contribution in [3.8, 4) is 0 Å². The van der Waals surface area contributed by atoms with Crippen LogP contribution in [0.3, 0.4) is 0 Å². The molecule has 4 rings (SSSR count). The van der Waals surface area contributed by atoms with Crippen molar-refractivity contribution < 1.29 is 14.7 Å². The van der Waals surface area contributed by atoms with Gasteiger partial charge in [0, 0.05) is 36.4 Å². The highest BCUT2D eigenvalue weighted by Gasteiger charge is 2.45. The summed E-state index contributed by atoms with van der Waals surface area (Å²) in [5.74, 6) is -0.706. The van der Waals surface area contributed by atoms with Gasteiger partial charge in [0.05, 0.1) is 6.04 Å². The lowest BCUT2D eigenvalue weighted by molar-refractivity contribution is -0.134. The zero-order chi connectivity index (χ0) is 18.4. The molecule has 2 heterocycles. The van der Waals surface area contributed by atoms with Crippen molar-refractivity contribution in [3.63, 3.8) is 0 Å². The van der Waals surface area contributed by atoms with Gasteiger partial charge in [-0.2, -0.15) is 0 Å². The van der Waals surface area contributed by atoms with Crippen LogP contribution >= 0.6 is 0 Å². The normalized spacial score (nSPS) is 33.5. The molecule has 2 aliphatic heterocycles. The van der Waals surface area contributed by atoms with Crippen LogP contribution in [-0.4, -0.2) is 71.0 Å². The zero-order valence-corrected chi connectivity index (χ0v) is 15.6.